The molecule has 5 heterocycles. The number of ether oxygens (including phenoxy) is 10. The lowest BCUT2D eigenvalue weighted by Gasteiger charge is -2.48. The van der Waals surface area contributed by atoms with Crippen LogP contribution in [-0.2, 0) is 52.2 Å². The van der Waals surface area contributed by atoms with Crippen LogP contribution in [0, 0.1) is 0 Å². The molecule has 0 radical (unpaired) electrons. The predicted molar refractivity (Wildman–Crippen MR) is 202 cm³/mol. The van der Waals surface area contributed by atoms with E-state index in [0.717, 1.165) is 0 Å². The second-order valence-corrected chi connectivity index (χ2v) is 16.6. The normalized spacial score (nSPS) is 47.8. The Morgan fingerprint density at radius 1 is 0.426 bits per heavy atom. The topological polar surface area (TPSA) is 534 Å². The highest BCUT2D eigenvalue weighted by Crippen LogP contribution is 2.35. The van der Waals surface area contributed by atoms with Crippen LogP contribution in [0.15, 0.2) is 0 Å². The molecule has 0 aromatic carbocycles. The van der Waals surface area contributed by atoms with Gasteiger partial charge in [-0.1, -0.05) is 0 Å². The van der Waals surface area contributed by atoms with Gasteiger partial charge in [0.25, 0.3) is 0 Å². The fraction of sp³-hybridized carbons (Fsp3) is 0.972. The van der Waals surface area contributed by atoms with E-state index >= 15 is 0 Å². The zero-order chi connectivity index (χ0) is 50.6. The van der Waals surface area contributed by atoms with Crippen molar-refractivity contribution in [1.82, 2.24) is 0 Å². The van der Waals surface area contributed by atoms with Crippen LogP contribution in [0.25, 0.3) is 0 Å². The van der Waals surface area contributed by atoms with Crippen molar-refractivity contribution in [3.05, 3.63) is 0 Å². The average molecular weight is 1010 g/mol. The van der Waals surface area contributed by atoms with Gasteiger partial charge in [0, 0.05) is 0 Å². The molecule has 32 nitrogen and oxygen atoms in total. The van der Waals surface area contributed by atoms with Crippen LogP contribution in [0.2, 0.25) is 0 Å². The van der Waals surface area contributed by atoms with E-state index in [1.54, 1.807) is 0 Å². The molecule has 0 aromatic rings. The van der Waals surface area contributed by atoms with Gasteiger partial charge in [0.1, 0.15) is 140 Å². The Bertz CT molecular complexity index is 1540. The fourth-order valence-corrected chi connectivity index (χ4v) is 7.87. The first kappa shape index (κ1) is 57.2. The van der Waals surface area contributed by atoms with Gasteiger partial charge in [0.15, 0.2) is 37.6 Å². The van der Waals surface area contributed by atoms with Crippen LogP contribution >= 0.6 is 0 Å². The van der Waals surface area contributed by atoms with E-state index in [9.17, 15) is 112 Å². The van der Waals surface area contributed by atoms with Gasteiger partial charge in [-0.2, -0.15) is 0 Å². The number of rotatable bonds is 20. The molecule has 0 saturated carbocycles. The number of aliphatic hydroxyl groups excluding tert-OH is 20. The fourth-order valence-electron chi connectivity index (χ4n) is 7.87. The third-order valence-corrected chi connectivity index (χ3v) is 12.0. The van der Waals surface area contributed by atoms with Crippen molar-refractivity contribution in [2.45, 2.75) is 178 Å². The molecule has 68 heavy (non-hydrogen) atoms. The molecule has 0 aliphatic carbocycles. The third-order valence-electron chi connectivity index (χ3n) is 12.0. The lowest BCUT2D eigenvalue weighted by Crippen LogP contribution is -2.67. The van der Waals surface area contributed by atoms with Gasteiger partial charge >= 0.3 is 5.97 Å². The van der Waals surface area contributed by atoms with Gasteiger partial charge in [0.2, 0.25) is 0 Å². The monoisotopic (exact) mass is 1010 g/mol. The Balaban J connectivity index is 1.36. The first-order valence-electron chi connectivity index (χ1n) is 21.0. The maximum Gasteiger partial charge on any atom is 0.335 e. The molecule has 5 saturated heterocycles. The zero-order valence-electron chi connectivity index (χ0n) is 35.4. The SMILES string of the molecule is O=C(O)[C@H]1O[C@@H](O[C@H]2[C@@H](O)[C@@H](CO[C@@H]3O[C@H](CO)[C@@H](O)[C@H](O)[C@H]3O)O[C@@H](O[C@H]3[C@@H](O)[C@@H](CO)O[C@H](OC[C@H]4O[C@@H](O[C@@H]([C@@H](O)[C@H](O)CO)[C@@H](O)CO)[C@H](O)[C@@H](O)[C@H]4O)[C@@H]3O)[C@@H]2O)[C@H](O)[C@@H](O)[C@@H]1O. The second kappa shape index (κ2) is 24.8. The lowest BCUT2D eigenvalue weighted by molar-refractivity contribution is -0.385. The Kier molecular flexibility index (Phi) is 20.9. The highest BCUT2D eigenvalue weighted by atomic mass is 16.8. The number of carboxylic acid groups (broad SMARTS) is 1. The summed E-state index contributed by atoms with van der Waals surface area (Å²) in [4.78, 5) is 11.8. The first-order chi connectivity index (χ1) is 32.0. The molecule has 0 spiro atoms. The summed E-state index contributed by atoms with van der Waals surface area (Å²) in [6.45, 7) is -5.95. The highest BCUT2D eigenvalue weighted by molar-refractivity contribution is 5.73. The summed E-state index contributed by atoms with van der Waals surface area (Å²) in [6, 6.07) is 0. The molecular weight excluding hydrogens is 944 g/mol. The summed E-state index contributed by atoms with van der Waals surface area (Å²) < 4.78 is 54.8. The molecule has 0 amide bonds. The number of hydrogen-bond acceptors (Lipinski definition) is 31. The second-order valence-electron chi connectivity index (χ2n) is 16.6. The minimum absolute atomic E-state index is 0.879. The van der Waals surface area contributed by atoms with Gasteiger partial charge in [-0.05, 0) is 0 Å². The minimum Gasteiger partial charge on any atom is -0.479 e. The number of hydrogen-bond donors (Lipinski definition) is 21. The van der Waals surface area contributed by atoms with Crippen LogP contribution in [0.3, 0.4) is 0 Å². The van der Waals surface area contributed by atoms with Gasteiger partial charge in [-0.25, -0.2) is 4.79 Å². The molecule has 0 unspecified atom stereocenters. The van der Waals surface area contributed by atoms with Crippen molar-refractivity contribution in [3.63, 3.8) is 0 Å². The highest BCUT2D eigenvalue weighted by Gasteiger charge is 2.56. The summed E-state index contributed by atoms with van der Waals surface area (Å²) in [7, 11) is 0. The molecule has 5 aliphatic heterocycles. The molecule has 5 fully saturated rings. The Morgan fingerprint density at radius 3 is 1.32 bits per heavy atom. The van der Waals surface area contributed by atoms with Crippen molar-refractivity contribution < 1.29 is 159 Å². The third kappa shape index (κ3) is 12.4. The van der Waals surface area contributed by atoms with Gasteiger partial charge in [-0.15, -0.1) is 0 Å². The quantitative estimate of drug-likeness (QED) is 0.0538. The van der Waals surface area contributed by atoms with Gasteiger partial charge < -0.3 is 155 Å². The molecular formula is C36H62O32. The first-order valence-corrected chi connectivity index (χ1v) is 21.0. The van der Waals surface area contributed by atoms with Crippen molar-refractivity contribution in [3.8, 4) is 0 Å². The van der Waals surface area contributed by atoms with Crippen LogP contribution < -0.4 is 0 Å². The summed E-state index contributed by atoms with van der Waals surface area (Å²) >= 11 is 0. The summed E-state index contributed by atoms with van der Waals surface area (Å²) in [5, 5.41) is 218. The predicted octanol–water partition coefficient (Wildman–Crippen LogP) is -14.4. The molecule has 5 aliphatic rings. The molecule has 0 aromatic heterocycles. The van der Waals surface area contributed by atoms with E-state index in [1.165, 1.54) is 0 Å². The van der Waals surface area contributed by atoms with Crippen LogP contribution in [-0.4, -0.2) is 331 Å². The maximum absolute atomic E-state index is 11.8. The molecule has 32 heteroatoms. The van der Waals surface area contributed by atoms with Gasteiger partial charge in [0.05, 0.1) is 39.6 Å². The molecule has 21 N–H and O–H groups in total. The maximum atomic E-state index is 11.8. The summed E-state index contributed by atoms with van der Waals surface area (Å²) in [5.74, 6) is -1.84. The van der Waals surface area contributed by atoms with Crippen molar-refractivity contribution >= 4 is 5.97 Å². The Hall–Kier alpha value is -1.73. The van der Waals surface area contributed by atoms with E-state index in [1.807, 2.05) is 0 Å². The molecule has 398 valence electrons. The van der Waals surface area contributed by atoms with Crippen molar-refractivity contribution in [2.24, 2.45) is 0 Å². The van der Waals surface area contributed by atoms with Crippen LogP contribution in [0.4, 0.5) is 0 Å². The largest absolute Gasteiger partial charge is 0.479 e. The Morgan fingerprint density at radius 2 is 0.809 bits per heavy atom. The minimum atomic E-state index is -2.34. The van der Waals surface area contributed by atoms with E-state index in [4.69, 9.17) is 47.4 Å². The van der Waals surface area contributed by atoms with E-state index < -0.39 is 224 Å². The van der Waals surface area contributed by atoms with Crippen LogP contribution in [0.5, 0.6) is 0 Å². The van der Waals surface area contributed by atoms with Crippen LogP contribution in [0.1, 0.15) is 0 Å². The van der Waals surface area contributed by atoms with E-state index in [-0.39, 0.29) is 0 Å². The average Bonchev–Trinajstić information content (AvgIpc) is 3.32. The molecule has 0 bridgehead atoms. The number of aliphatic carboxylic acids is 1. The lowest BCUT2D eigenvalue weighted by atomic mass is 9.95. The number of aliphatic hydroxyl groups is 20. The zero-order valence-corrected chi connectivity index (χ0v) is 35.4. The molecule has 29 atom stereocenters. The Labute approximate surface area is 382 Å². The van der Waals surface area contributed by atoms with E-state index in [2.05, 4.69) is 0 Å². The molecule has 5 rings (SSSR count). The smallest absolute Gasteiger partial charge is 0.335 e. The van der Waals surface area contributed by atoms with Crippen molar-refractivity contribution in [1.29, 1.82) is 0 Å². The standard InChI is InChI=1S/C36H62O32/c37-1-7(41)13(43)27(8(42)2-38)65-34-23(53)19(49)15(45)11(63-34)5-60-33-25(55)28(16(46)10(4-40)62-33)67-36-26(56)29(66-35-24(54)20(50)21(51)30(68-35)31(57)58)17(47)12(64-36)6-59-32-22(52)18(48)14(44)9(3-39)61-32/h7-30,32-56H,1-6H2,(H,57,58)/t7-,8+,9-,10-,11-,12-,13+,14-,15+,16+,17+,18+,19+,20+,21+,22-,23-,24-,25-,26-,27-,28+,29+,30+,32-,33+,34+,35-,36+/m1/s1. The van der Waals surface area contributed by atoms with E-state index in [0.29, 0.717) is 0 Å². The number of carbonyl (C=O) groups is 1. The summed E-state index contributed by atoms with van der Waals surface area (Å²) in [6.07, 6.45) is -59.5. The van der Waals surface area contributed by atoms with Gasteiger partial charge in [-0.3, -0.25) is 0 Å². The summed E-state index contributed by atoms with van der Waals surface area (Å²) in [5.41, 5.74) is 0. The van der Waals surface area contributed by atoms with Crippen molar-refractivity contribution in [2.75, 3.05) is 39.6 Å². The number of carboxylic acids is 1.